The number of nitrogens with two attached hydrogens (primary N) is 1. The van der Waals surface area contributed by atoms with Crippen LogP contribution in [0, 0.1) is 18.6 Å². The summed E-state index contributed by atoms with van der Waals surface area (Å²) < 4.78 is 26.7. The molecule has 0 aliphatic rings. The number of aromatic nitrogens is 1. The summed E-state index contributed by atoms with van der Waals surface area (Å²) in [5.74, 6) is -2.14. The van der Waals surface area contributed by atoms with E-state index in [1.807, 2.05) is 0 Å². The van der Waals surface area contributed by atoms with Crippen molar-refractivity contribution in [2.75, 3.05) is 7.05 Å². The van der Waals surface area contributed by atoms with E-state index in [2.05, 4.69) is 4.98 Å². The highest BCUT2D eigenvalue weighted by Crippen LogP contribution is 2.31. The van der Waals surface area contributed by atoms with Gasteiger partial charge in [0.25, 0.3) is 5.91 Å². The molecule has 1 unspecified atom stereocenters. The maximum Gasteiger partial charge on any atom is 0.266 e. The predicted molar refractivity (Wildman–Crippen MR) is 103 cm³/mol. The number of halogens is 2. The zero-order chi connectivity index (χ0) is 20.4. The minimum absolute atomic E-state index is 0.282. The van der Waals surface area contributed by atoms with Gasteiger partial charge in [0.15, 0.2) is 0 Å². The summed E-state index contributed by atoms with van der Waals surface area (Å²) in [6.45, 7) is 1.67. The summed E-state index contributed by atoms with van der Waals surface area (Å²) in [5, 5.41) is 0.552. The molecule has 0 fully saturated rings. The molecule has 2 amide bonds. The molecule has 3 aromatic rings. The van der Waals surface area contributed by atoms with E-state index in [9.17, 15) is 18.4 Å². The second-order valence-corrected chi connectivity index (χ2v) is 7.22. The lowest BCUT2D eigenvalue weighted by Gasteiger charge is -2.25. The summed E-state index contributed by atoms with van der Waals surface area (Å²) >= 11 is 1.13. The lowest BCUT2D eigenvalue weighted by Crippen LogP contribution is -2.39. The molecule has 8 heteroatoms. The van der Waals surface area contributed by atoms with E-state index in [4.69, 9.17) is 5.73 Å². The molecule has 0 radical (unpaired) electrons. The van der Waals surface area contributed by atoms with Gasteiger partial charge < -0.3 is 10.6 Å². The van der Waals surface area contributed by atoms with E-state index < -0.39 is 23.7 Å². The molecule has 1 atom stereocenters. The van der Waals surface area contributed by atoms with Gasteiger partial charge in [0.05, 0.1) is 5.69 Å². The molecular formula is C20H17F2N3O2S. The average Bonchev–Trinajstić information content (AvgIpc) is 3.03. The normalized spacial score (nSPS) is 11.9. The first-order chi connectivity index (χ1) is 13.3. The Balaban J connectivity index is 1.94. The number of rotatable bonds is 5. The number of nitrogens with zero attached hydrogens (tertiary/aromatic N) is 2. The minimum Gasteiger partial charge on any atom is -0.368 e. The van der Waals surface area contributed by atoms with Crippen LogP contribution in [0.4, 0.5) is 8.78 Å². The molecule has 0 bridgehead atoms. The van der Waals surface area contributed by atoms with Crippen molar-refractivity contribution < 1.29 is 18.4 Å². The standard InChI is InChI=1S/C20H17F2N3O2S/c1-11-17(28-19(24-11)12-6-8-14(21)9-7-12)20(27)25(2)16(18(23)26)13-4-3-5-15(22)10-13/h3-10,16H,1-2H3,(H2,23,26). The van der Waals surface area contributed by atoms with Gasteiger partial charge in [-0.1, -0.05) is 12.1 Å². The van der Waals surface area contributed by atoms with Crippen molar-refractivity contribution >= 4 is 23.2 Å². The topological polar surface area (TPSA) is 76.3 Å². The number of carbonyl (C=O) groups is 2. The Morgan fingerprint density at radius 2 is 1.79 bits per heavy atom. The van der Waals surface area contributed by atoms with Crippen molar-refractivity contribution in [3.05, 3.63) is 76.3 Å². The zero-order valence-electron chi connectivity index (χ0n) is 15.1. The van der Waals surface area contributed by atoms with Gasteiger partial charge >= 0.3 is 0 Å². The van der Waals surface area contributed by atoms with Gasteiger partial charge in [-0.2, -0.15) is 0 Å². The Labute approximate surface area is 164 Å². The van der Waals surface area contributed by atoms with E-state index in [0.717, 1.165) is 11.3 Å². The molecule has 5 nitrogen and oxygen atoms in total. The van der Waals surface area contributed by atoms with E-state index in [1.165, 1.54) is 48.3 Å². The van der Waals surface area contributed by atoms with Gasteiger partial charge in [0.2, 0.25) is 5.91 Å². The Kier molecular flexibility index (Phi) is 5.51. The molecular weight excluding hydrogens is 384 g/mol. The number of hydrogen-bond acceptors (Lipinski definition) is 4. The summed E-state index contributed by atoms with van der Waals surface area (Å²) in [6.07, 6.45) is 0. The number of hydrogen-bond donors (Lipinski definition) is 1. The van der Waals surface area contributed by atoms with Crippen LogP contribution in [0.5, 0.6) is 0 Å². The average molecular weight is 401 g/mol. The molecule has 0 aliphatic heterocycles. The van der Waals surface area contributed by atoms with Crippen LogP contribution < -0.4 is 5.73 Å². The van der Waals surface area contributed by atoms with Gasteiger partial charge in [-0.3, -0.25) is 9.59 Å². The van der Waals surface area contributed by atoms with Crippen molar-refractivity contribution in [1.29, 1.82) is 0 Å². The monoisotopic (exact) mass is 401 g/mol. The van der Waals surface area contributed by atoms with Crippen molar-refractivity contribution in [1.82, 2.24) is 9.88 Å². The first kappa shape index (κ1) is 19.6. The number of carbonyl (C=O) groups excluding carboxylic acids is 2. The highest BCUT2D eigenvalue weighted by atomic mass is 32.1. The molecule has 3 rings (SSSR count). The lowest BCUT2D eigenvalue weighted by atomic mass is 10.0. The molecule has 1 aromatic heterocycles. The van der Waals surface area contributed by atoms with Crippen molar-refractivity contribution in [2.24, 2.45) is 5.73 Å². The number of amides is 2. The van der Waals surface area contributed by atoms with E-state index in [-0.39, 0.29) is 11.4 Å². The number of primary amides is 1. The molecule has 0 saturated carbocycles. The van der Waals surface area contributed by atoms with E-state index >= 15 is 0 Å². The first-order valence-electron chi connectivity index (χ1n) is 8.33. The number of thiazole rings is 1. The van der Waals surface area contributed by atoms with E-state index in [1.54, 1.807) is 19.1 Å². The Bertz CT molecular complexity index is 1030. The summed E-state index contributed by atoms with van der Waals surface area (Å²) in [4.78, 5) is 30.9. The fraction of sp³-hybridized carbons (Fsp3) is 0.150. The van der Waals surface area contributed by atoms with Gasteiger partial charge in [0, 0.05) is 12.6 Å². The molecule has 2 N–H and O–H groups in total. The third-order valence-corrected chi connectivity index (χ3v) is 5.42. The van der Waals surface area contributed by atoms with Crippen LogP contribution in [0.2, 0.25) is 0 Å². The SMILES string of the molecule is Cc1nc(-c2ccc(F)cc2)sc1C(=O)N(C)C(C(N)=O)c1cccc(F)c1. The second kappa shape index (κ2) is 7.85. The number of benzene rings is 2. The first-order valence-corrected chi connectivity index (χ1v) is 9.15. The summed E-state index contributed by atoms with van der Waals surface area (Å²) in [6, 6.07) is 10.0. The zero-order valence-corrected chi connectivity index (χ0v) is 16.0. The van der Waals surface area contributed by atoms with Crippen LogP contribution >= 0.6 is 11.3 Å². The Morgan fingerprint density at radius 1 is 1.11 bits per heavy atom. The van der Waals surface area contributed by atoms with Crippen LogP contribution in [0.15, 0.2) is 48.5 Å². The summed E-state index contributed by atoms with van der Waals surface area (Å²) in [7, 11) is 1.43. The number of likely N-dealkylation sites (N-methyl/N-ethyl adjacent to an activating group) is 1. The Morgan fingerprint density at radius 3 is 2.39 bits per heavy atom. The van der Waals surface area contributed by atoms with Gasteiger partial charge in [0.1, 0.15) is 27.6 Å². The fourth-order valence-corrected chi connectivity index (χ4v) is 3.90. The maximum atomic E-state index is 13.6. The third-order valence-electron chi connectivity index (χ3n) is 4.22. The second-order valence-electron chi connectivity index (χ2n) is 6.22. The minimum atomic E-state index is -1.13. The molecule has 28 heavy (non-hydrogen) atoms. The van der Waals surface area contributed by atoms with Crippen molar-refractivity contribution in [3.63, 3.8) is 0 Å². The quantitative estimate of drug-likeness (QED) is 0.708. The van der Waals surface area contributed by atoms with Gasteiger partial charge in [-0.05, 0) is 48.9 Å². The van der Waals surface area contributed by atoms with Crippen molar-refractivity contribution in [2.45, 2.75) is 13.0 Å². The molecule has 0 aliphatic carbocycles. The van der Waals surface area contributed by atoms with Gasteiger partial charge in [-0.25, -0.2) is 13.8 Å². The highest BCUT2D eigenvalue weighted by molar-refractivity contribution is 7.17. The Hall–Kier alpha value is -3.13. The number of aryl methyl sites for hydroxylation is 1. The largest absolute Gasteiger partial charge is 0.368 e. The van der Waals surface area contributed by atoms with Crippen LogP contribution in [0.1, 0.15) is 27.0 Å². The molecule has 0 saturated heterocycles. The molecule has 1 heterocycles. The van der Waals surface area contributed by atoms with Crippen LogP contribution in [-0.4, -0.2) is 28.7 Å². The predicted octanol–water partition coefficient (Wildman–Crippen LogP) is 3.70. The fourth-order valence-electron chi connectivity index (χ4n) is 2.84. The van der Waals surface area contributed by atoms with Gasteiger partial charge in [-0.15, -0.1) is 11.3 Å². The van der Waals surface area contributed by atoms with Crippen molar-refractivity contribution in [3.8, 4) is 10.6 Å². The molecule has 2 aromatic carbocycles. The molecule has 144 valence electrons. The molecule has 0 spiro atoms. The summed E-state index contributed by atoms with van der Waals surface area (Å²) in [5.41, 5.74) is 6.91. The smallest absolute Gasteiger partial charge is 0.266 e. The van der Waals surface area contributed by atoms with Crippen LogP contribution in [0.25, 0.3) is 10.6 Å². The van der Waals surface area contributed by atoms with Crippen LogP contribution in [0.3, 0.4) is 0 Å². The van der Waals surface area contributed by atoms with E-state index in [0.29, 0.717) is 21.1 Å². The highest BCUT2D eigenvalue weighted by Gasteiger charge is 2.30. The van der Waals surface area contributed by atoms with Crippen LogP contribution in [-0.2, 0) is 4.79 Å². The third kappa shape index (κ3) is 3.91. The lowest BCUT2D eigenvalue weighted by molar-refractivity contribution is -0.122. The maximum absolute atomic E-state index is 13.6.